The Hall–Kier alpha value is -3.80. The van der Waals surface area contributed by atoms with E-state index in [1.807, 2.05) is 56.3 Å². The maximum atomic E-state index is 13.0. The van der Waals surface area contributed by atoms with Crippen LogP contribution in [0, 0.1) is 5.92 Å². The van der Waals surface area contributed by atoms with Gasteiger partial charge >= 0.3 is 0 Å². The van der Waals surface area contributed by atoms with Gasteiger partial charge in [0.2, 0.25) is 0 Å². The lowest BCUT2D eigenvalue weighted by Crippen LogP contribution is -2.30. The summed E-state index contributed by atoms with van der Waals surface area (Å²) in [5, 5.41) is 13.9. The number of anilines is 3. The summed E-state index contributed by atoms with van der Waals surface area (Å²) in [6.45, 7) is 3.84. The highest BCUT2D eigenvalue weighted by atomic mass is 16.3. The second kappa shape index (κ2) is 8.52. The van der Waals surface area contributed by atoms with Gasteiger partial charge < -0.3 is 14.8 Å². The van der Waals surface area contributed by atoms with Crippen LogP contribution in [0.5, 0.6) is 0 Å². The van der Waals surface area contributed by atoms with Crippen LogP contribution in [0.1, 0.15) is 32.1 Å². The van der Waals surface area contributed by atoms with Crippen molar-refractivity contribution in [3.63, 3.8) is 0 Å². The van der Waals surface area contributed by atoms with E-state index < -0.39 is 17.7 Å². The minimum atomic E-state index is -0.804. The van der Waals surface area contributed by atoms with Crippen LogP contribution in [-0.4, -0.2) is 16.8 Å². The SMILES string of the molecule is CC(C)CC(=O)C1=C(O)C(=O)N(c2ccc(Nc3ccccc3)cc2)C1c1ccco1. The molecule has 1 aliphatic rings. The maximum Gasteiger partial charge on any atom is 0.294 e. The monoisotopic (exact) mass is 416 g/mol. The zero-order chi connectivity index (χ0) is 22.0. The van der Waals surface area contributed by atoms with Crippen molar-refractivity contribution >= 4 is 28.8 Å². The second-order valence-electron chi connectivity index (χ2n) is 7.91. The van der Waals surface area contributed by atoms with Gasteiger partial charge in [-0.2, -0.15) is 0 Å². The third-order valence-electron chi connectivity index (χ3n) is 5.12. The lowest BCUT2D eigenvalue weighted by atomic mass is 9.95. The summed E-state index contributed by atoms with van der Waals surface area (Å²) in [4.78, 5) is 27.3. The molecule has 0 fully saturated rings. The molecule has 0 aliphatic carbocycles. The number of nitrogens with zero attached hydrogens (tertiary/aromatic N) is 1. The molecule has 1 atom stereocenters. The van der Waals surface area contributed by atoms with Crippen LogP contribution in [0.3, 0.4) is 0 Å². The van der Waals surface area contributed by atoms with Crippen LogP contribution in [0.4, 0.5) is 17.1 Å². The quantitative estimate of drug-likeness (QED) is 0.528. The molecular weight excluding hydrogens is 392 g/mol. The van der Waals surface area contributed by atoms with E-state index in [0.29, 0.717) is 11.4 Å². The number of Topliss-reactive ketones (excluding diaryl/α,β-unsaturated/α-hetero) is 1. The van der Waals surface area contributed by atoms with Crippen LogP contribution < -0.4 is 10.2 Å². The van der Waals surface area contributed by atoms with Crippen molar-refractivity contribution in [1.29, 1.82) is 0 Å². The molecule has 6 nitrogen and oxygen atoms in total. The largest absolute Gasteiger partial charge is 0.503 e. The highest BCUT2D eigenvalue weighted by Crippen LogP contribution is 2.42. The summed E-state index contributed by atoms with van der Waals surface area (Å²) in [6, 6.07) is 19.6. The van der Waals surface area contributed by atoms with Crippen molar-refractivity contribution in [2.24, 2.45) is 5.92 Å². The van der Waals surface area contributed by atoms with E-state index in [0.717, 1.165) is 11.4 Å². The zero-order valence-corrected chi connectivity index (χ0v) is 17.4. The molecule has 0 saturated carbocycles. The summed E-state index contributed by atoms with van der Waals surface area (Å²) in [5.74, 6) is -0.864. The number of aliphatic hydroxyl groups is 1. The molecule has 0 bridgehead atoms. The molecule has 3 aromatic rings. The van der Waals surface area contributed by atoms with Crippen molar-refractivity contribution in [3.05, 3.63) is 90.1 Å². The number of furan rings is 1. The van der Waals surface area contributed by atoms with Gasteiger partial charge in [0.05, 0.1) is 11.8 Å². The highest BCUT2D eigenvalue weighted by Gasteiger charge is 2.45. The molecule has 31 heavy (non-hydrogen) atoms. The molecule has 2 heterocycles. The first kappa shape index (κ1) is 20.5. The molecule has 158 valence electrons. The minimum absolute atomic E-state index is 0.0835. The topological polar surface area (TPSA) is 82.8 Å². The molecule has 6 heteroatoms. The lowest BCUT2D eigenvalue weighted by molar-refractivity contribution is -0.118. The minimum Gasteiger partial charge on any atom is -0.503 e. The van der Waals surface area contributed by atoms with Crippen LogP contribution in [0.25, 0.3) is 0 Å². The normalized spacial score (nSPS) is 16.3. The first-order chi connectivity index (χ1) is 15.0. The number of hydrogen-bond donors (Lipinski definition) is 2. The Labute approximate surface area is 180 Å². The van der Waals surface area contributed by atoms with Gasteiger partial charge in [0.25, 0.3) is 5.91 Å². The molecule has 1 aromatic heterocycles. The number of nitrogens with one attached hydrogen (secondary N) is 1. The number of para-hydroxylation sites is 1. The Morgan fingerprint density at radius 1 is 1.03 bits per heavy atom. The molecule has 0 saturated heterocycles. The Bertz CT molecular complexity index is 1100. The van der Waals surface area contributed by atoms with Gasteiger partial charge in [0.1, 0.15) is 11.8 Å². The van der Waals surface area contributed by atoms with Crippen molar-refractivity contribution in [1.82, 2.24) is 0 Å². The summed E-state index contributed by atoms with van der Waals surface area (Å²) in [7, 11) is 0. The predicted octanol–water partition coefficient (Wildman–Crippen LogP) is 5.54. The number of benzene rings is 2. The maximum absolute atomic E-state index is 13.0. The second-order valence-corrected chi connectivity index (χ2v) is 7.91. The third-order valence-corrected chi connectivity index (χ3v) is 5.12. The van der Waals surface area contributed by atoms with E-state index in [1.54, 1.807) is 24.3 Å². The number of carbonyl (C=O) groups is 2. The van der Waals surface area contributed by atoms with Gasteiger partial charge in [0, 0.05) is 23.5 Å². The molecule has 1 aliphatic heterocycles. The average Bonchev–Trinajstić information content (AvgIpc) is 3.36. The molecule has 2 N–H and O–H groups in total. The van der Waals surface area contributed by atoms with E-state index in [4.69, 9.17) is 4.42 Å². The Morgan fingerprint density at radius 3 is 2.32 bits per heavy atom. The third kappa shape index (κ3) is 4.10. The fourth-order valence-electron chi connectivity index (χ4n) is 3.75. The smallest absolute Gasteiger partial charge is 0.294 e. The van der Waals surface area contributed by atoms with Gasteiger partial charge in [-0.3, -0.25) is 14.5 Å². The standard InChI is InChI=1S/C25H24N2O4/c1-16(2)15-20(28)22-23(21-9-6-14-31-21)27(25(30)24(22)29)19-12-10-18(11-13-19)26-17-7-4-3-5-8-17/h3-14,16,23,26,29H,15H2,1-2H3. The van der Waals surface area contributed by atoms with E-state index >= 15 is 0 Å². The first-order valence-electron chi connectivity index (χ1n) is 10.2. The average molecular weight is 416 g/mol. The molecule has 1 amide bonds. The fraction of sp³-hybridized carbons (Fsp3) is 0.200. The van der Waals surface area contributed by atoms with Crippen LogP contribution >= 0.6 is 0 Å². The number of amides is 1. The van der Waals surface area contributed by atoms with E-state index in [9.17, 15) is 14.7 Å². The highest BCUT2D eigenvalue weighted by molar-refractivity contribution is 6.16. The molecule has 1 unspecified atom stereocenters. The summed E-state index contributed by atoms with van der Waals surface area (Å²) >= 11 is 0. The Kier molecular flexibility index (Phi) is 5.62. The zero-order valence-electron chi connectivity index (χ0n) is 17.4. The van der Waals surface area contributed by atoms with Gasteiger partial charge in [-0.25, -0.2) is 0 Å². The van der Waals surface area contributed by atoms with Gasteiger partial charge in [-0.05, 0) is 54.4 Å². The van der Waals surface area contributed by atoms with Crippen molar-refractivity contribution < 1.29 is 19.1 Å². The summed E-state index contributed by atoms with van der Waals surface area (Å²) < 4.78 is 5.55. The summed E-state index contributed by atoms with van der Waals surface area (Å²) in [5.41, 5.74) is 2.44. The van der Waals surface area contributed by atoms with Gasteiger partial charge in [0.15, 0.2) is 11.5 Å². The molecule has 4 rings (SSSR count). The van der Waals surface area contributed by atoms with E-state index in [-0.39, 0.29) is 23.7 Å². The lowest BCUT2D eigenvalue weighted by Gasteiger charge is -2.25. The van der Waals surface area contributed by atoms with Crippen molar-refractivity contribution in [3.8, 4) is 0 Å². The fourth-order valence-corrected chi connectivity index (χ4v) is 3.75. The van der Waals surface area contributed by atoms with Crippen LogP contribution in [0.15, 0.2) is 88.7 Å². The van der Waals surface area contributed by atoms with Gasteiger partial charge in [-0.1, -0.05) is 32.0 Å². The number of ketones is 1. The first-order valence-corrected chi connectivity index (χ1v) is 10.2. The predicted molar refractivity (Wildman–Crippen MR) is 119 cm³/mol. The molecule has 0 radical (unpaired) electrons. The van der Waals surface area contributed by atoms with E-state index in [2.05, 4.69) is 5.32 Å². The van der Waals surface area contributed by atoms with Crippen LogP contribution in [-0.2, 0) is 9.59 Å². The Morgan fingerprint density at radius 2 is 1.71 bits per heavy atom. The number of hydrogen-bond acceptors (Lipinski definition) is 5. The number of aliphatic hydroxyl groups excluding tert-OH is 1. The van der Waals surface area contributed by atoms with Gasteiger partial charge in [-0.15, -0.1) is 0 Å². The molecule has 2 aromatic carbocycles. The molecular formula is C25H24N2O4. The van der Waals surface area contributed by atoms with E-state index in [1.165, 1.54) is 11.2 Å². The number of rotatable bonds is 7. The summed E-state index contributed by atoms with van der Waals surface area (Å²) in [6.07, 6.45) is 1.72. The molecule has 0 spiro atoms. The van der Waals surface area contributed by atoms with Crippen LogP contribution in [0.2, 0.25) is 0 Å². The van der Waals surface area contributed by atoms with Crippen molar-refractivity contribution in [2.45, 2.75) is 26.3 Å². The van der Waals surface area contributed by atoms with Crippen molar-refractivity contribution in [2.75, 3.05) is 10.2 Å². The Balaban J connectivity index is 1.67. The number of carbonyl (C=O) groups excluding carboxylic acids is 2.